The van der Waals surface area contributed by atoms with Crippen LogP contribution >= 0.6 is 0 Å². The van der Waals surface area contributed by atoms with Crippen molar-refractivity contribution in [2.45, 2.75) is 18.8 Å². The van der Waals surface area contributed by atoms with E-state index in [1.165, 1.54) is 7.11 Å². The van der Waals surface area contributed by atoms with Crippen molar-refractivity contribution in [3.63, 3.8) is 0 Å². The smallest absolute Gasteiger partial charge is 0.489 e. The number of methoxy groups -OCH3 is 1. The first-order valence-electron chi connectivity index (χ1n) is 10.4. The van der Waals surface area contributed by atoms with Gasteiger partial charge in [0, 0.05) is 11.3 Å². The lowest BCUT2D eigenvalue weighted by molar-refractivity contribution is -0.192. The summed E-state index contributed by atoms with van der Waals surface area (Å²) in [4.78, 5) is 21.3. The van der Waals surface area contributed by atoms with Crippen LogP contribution in [0, 0.1) is 5.41 Å². The second kappa shape index (κ2) is 12.8. The van der Waals surface area contributed by atoms with Gasteiger partial charge in [-0.1, -0.05) is 42.5 Å². The van der Waals surface area contributed by atoms with Crippen molar-refractivity contribution in [1.82, 2.24) is 0 Å². The van der Waals surface area contributed by atoms with E-state index < -0.39 is 24.2 Å². The molecule has 3 aromatic rings. The van der Waals surface area contributed by atoms with Crippen LogP contribution in [0.1, 0.15) is 22.7 Å². The van der Waals surface area contributed by atoms with E-state index in [0.717, 1.165) is 11.1 Å². The number of aliphatic carboxylic acids is 1. The Morgan fingerprint density at radius 3 is 2.17 bits per heavy atom. The fourth-order valence-corrected chi connectivity index (χ4v) is 2.83. The molecule has 0 aliphatic rings. The third kappa shape index (κ3) is 8.67. The van der Waals surface area contributed by atoms with E-state index in [9.17, 15) is 18.0 Å². The fraction of sp³-hybridized carbons (Fsp3) is 0.160. The lowest BCUT2D eigenvalue weighted by Gasteiger charge is -2.19. The number of esters is 1. The van der Waals surface area contributed by atoms with Crippen molar-refractivity contribution in [3.8, 4) is 5.75 Å². The number of amidine groups is 1. The molecule has 5 N–H and O–H groups in total. The second-order valence-electron chi connectivity index (χ2n) is 7.24. The fourth-order valence-electron chi connectivity index (χ4n) is 2.83. The molecule has 3 rings (SSSR count). The van der Waals surface area contributed by atoms with E-state index in [1.54, 1.807) is 24.3 Å². The van der Waals surface area contributed by atoms with Gasteiger partial charge in [0.25, 0.3) is 0 Å². The summed E-state index contributed by atoms with van der Waals surface area (Å²) in [6.45, 7) is 0.438. The number of alkyl halides is 3. The number of benzene rings is 3. The number of rotatable bonds is 8. The Morgan fingerprint density at radius 2 is 1.64 bits per heavy atom. The molecule has 8 nitrogen and oxygen atoms in total. The van der Waals surface area contributed by atoms with E-state index in [0.29, 0.717) is 23.6 Å². The lowest BCUT2D eigenvalue weighted by Crippen LogP contribution is -2.22. The SMILES string of the molecule is COC(=O)C(Nc1ccc(C(=N)N)cc1)c1cccc(OCc2ccccc2)c1.O=C(O)C(F)(F)F. The highest BCUT2D eigenvalue weighted by atomic mass is 19.4. The number of carboxylic acids is 1. The van der Waals surface area contributed by atoms with Crippen LogP contribution < -0.4 is 15.8 Å². The van der Waals surface area contributed by atoms with Gasteiger partial charge in [0.1, 0.15) is 18.2 Å². The van der Waals surface area contributed by atoms with Crippen LogP contribution in [0.4, 0.5) is 18.9 Å². The molecule has 0 radical (unpaired) electrons. The highest BCUT2D eigenvalue weighted by Gasteiger charge is 2.38. The Balaban J connectivity index is 0.000000572. The number of nitrogens with two attached hydrogens (primary N) is 1. The first-order chi connectivity index (χ1) is 17.0. The van der Waals surface area contributed by atoms with Crippen LogP contribution in [-0.2, 0) is 20.9 Å². The monoisotopic (exact) mass is 503 g/mol. The molecule has 0 amide bonds. The molecule has 0 spiro atoms. The number of anilines is 1. The van der Waals surface area contributed by atoms with Crippen molar-refractivity contribution < 1.29 is 37.3 Å². The molecule has 1 atom stereocenters. The molecule has 0 saturated heterocycles. The van der Waals surface area contributed by atoms with Crippen LogP contribution in [0.2, 0.25) is 0 Å². The van der Waals surface area contributed by atoms with Crippen molar-refractivity contribution in [3.05, 3.63) is 95.6 Å². The Labute approximate surface area is 205 Å². The molecular weight excluding hydrogens is 479 g/mol. The van der Waals surface area contributed by atoms with Crippen LogP contribution in [0.5, 0.6) is 5.75 Å². The summed E-state index contributed by atoms with van der Waals surface area (Å²) in [5, 5.41) is 17.8. The number of hydrogen-bond donors (Lipinski definition) is 4. The average Bonchev–Trinajstić information content (AvgIpc) is 2.86. The minimum absolute atomic E-state index is 0.00988. The average molecular weight is 503 g/mol. The normalized spacial score (nSPS) is 11.3. The van der Waals surface area contributed by atoms with Gasteiger partial charge in [-0.25, -0.2) is 9.59 Å². The van der Waals surface area contributed by atoms with E-state index in [2.05, 4.69) is 5.32 Å². The third-order valence-corrected chi connectivity index (χ3v) is 4.63. The molecule has 0 fully saturated rings. The van der Waals surface area contributed by atoms with Crippen molar-refractivity contribution in [1.29, 1.82) is 5.41 Å². The number of carboxylic acid groups (broad SMARTS) is 1. The number of halogens is 3. The number of hydrogen-bond acceptors (Lipinski definition) is 6. The zero-order valence-electron chi connectivity index (χ0n) is 19.1. The molecule has 190 valence electrons. The van der Waals surface area contributed by atoms with Gasteiger partial charge >= 0.3 is 18.1 Å². The minimum atomic E-state index is -5.08. The van der Waals surface area contributed by atoms with Gasteiger partial charge in [0.15, 0.2) is 6.04 Å². The Morgan fingerprint density at radius 1 is 1.03 bits per heavy atom. The third-order valence-electron chi connectivity index (χ3n) is 4.63. The standard InChI is InChI=1S/C23H23N3O3.C2HF3O2/c1-28-23(27)21(26-19-12-10-17(11-13-19)22(24)25)18-8-5-9-20(14-18)29-15-16-6-3-2-4-7-16;3-2(4,5)1(6)7/h2-14,21,26H,15H2,1H3,(H3,24,25);(H,6,7). The molecule has 0 aliphatic heterocycles. The van der Waals surface area contributed by atoms with Crippen LogP contribution in [0.3, 0.4) is 0 Å². The van der Waals surface area contributed by atoms with Gasteiger partial charge in [0.05, 0.1) is 7.11 Å². The maximum atomic E-state index is 12.4. The topological polar surface area (TPSA) is 135 Å². The molecule has 11 heteroatoms. The zero-order valence-corrected chi connectivity index (χ0v) is 19.1. The van der Waals surface area contributed by atoms with Crippen molar-refractivity contribution >= 4 is 23.5 Å². The van der Waals surface area contributed by atoms with E-state index in [4.69, 9.17) is 30.5 Å². The molecule has 0 aliphatic carbocycles. The molecule has 0 bridgehead atoms. The zero-order chi connectivity index (χ0) is 26.7. The Hall–Kier alpha value is -4.54. The van der Waals surface area contributed by atoms with Gasteiger partial charge in [-0.2, -0.15) is 13.2 Å². The maximum Gasteiger partial charge on any atom is 0.490 e. The maximum absolute atomic E-state index is 12.4. The highest BCUT2D eigenvalue weighted by Crippen LogP contribution is 2.25. The summed E-state index contributed by atoms with van der Waals surface area (Å²) >= 11 is 0. The van der Waals surface area contributed by atoms with E-state index >= 15 is 0 Å². The first kappa shape index (κ1) is 27.7. The van der Waals surface area contributed by atoms with Gasteiger partial charge in [-0.05, 0) is 47.5 Å². The molecule has 36 heavy (non-hydrogen) atoms. The number of nitrogens with one attached hydrogen (secondary N) is 2. The van der Waals surface area contributed by atoms with Crippen molar-refractivity contribution in [2.24, 2.45) is 5.73 Å². The molecular formula is C25H24F3N3O5. The summed E-state index contributed by atoms with van der Waals surface area (Å²) in [5.41, 5.74) is 8.59. The van der Waals surface area contributed by atoms with E-state index in [1.807, 2.05) is 54.6 Å². The quantitative estimate of drug-likeness (QED) is 0.202. The molecule has 0 saturated carbocycles. The number of ether oxygens (including phenoxy) is 2. The second-order valence-corrected chi connectivity index (χ2v) is 7.24. The summed E-state index contributed by atoms with van der Waals surface area (Å²) in [7, 11) is 1.35. The van der Waals surface area contributed by atoms with Gasteiger partial charge < -0.3 is 25.6 Å². The molecule has 1 unspecified atom stereocenters. The van der Waals surface area contributed by atoms with Crippen LogP contribution in [-0.4, -0.2) is 36.2 Å². The Kier molecular flexibility index (Phi) is 9.84. The van der Waals surface area contributed by atoms with Crippen molar-refractivity contribution in [2.75, 3.05) is 12.4 Å². The van der Waals surface area contributed by atoms with Crippen LogP contribution in [0.25, 0.3) is 0 Å². The number of carbonyl (C=O) groups is 2. The molecule has 0 aromatic heterocycles. The summed E-state index contributed by atoms with van der Waals surface area (Å²) in [5.74, 6) is -2.52. The van der Waals surface area contributed by atoms with Gasteiger partial charge in [-0.15, -0.1) is 0 Å². The predicted octanol–water partition coefficient (Wildman–Crippen LogP) is 4.51. The highest BCUT2D eigenvalue weighted by molar-refractivity contribution is 5.95. The van der Waals surface area contributed by atoms with E-state index in [-0.39, 0.29) is 5.84 Å². The summed E-state index contributed by atoms with van der Waals surface area (Å²) in [6.07, 6.45) is -5.08. The van der Waals surface area contributed by atoms with Gasteiger partial charge in [-0.3, -0.25) is 5.41 Å². The number of carbonyl (C=O) groups excluding carboxylic acids is 1. The predicted molar refractivity (Wildman–Crippen MR) is 127 cm³/mol. The Bertz CT molecular complexity index is 1170. The first-order valence-corrected chi connectivity index (χ1v) is 10.4. The number of nitrogen functional groups attached to an aromatic ring is 1. The van der Waals surface area contributed by atoms with Crippen LogP contribution in [0.15, 0.2) is 78.9 Å². The summed E-state index contributed by atoms with van der Waals surface area (Å²) < 4.78 is 42.6. The molecule has 3 aromatic carbocycles. The molecule has 0 heterocycles. The summed E-state index contributed by atoms with van der Waals surface area (Å²) in [6, 6.07) is 23.5. The lowest BCUT2D eigenvalue weighted by atomic mass is 10.1. The minimum Gasteiger partial charge on any atom is -0.489 e. The van der Waals surface area contributed by atoms with Gasteiger partial charge in [0.2, 0.25) is 0 Å². The largest absolute Gasteiger partial charge is 0.490 e.